The van der Waals surface area contributed by atoms with Crippen molar-refractivity contribution < 1.29 is 13.2 Å². The minimum absolute atomic E-state index is 0.106. The van der Waals surface area contributed by atoms with Crippen LogP contribution in [-0.4, -0.2) is 13.1 Å². The van der Waals surface area contributed by atoms with Crippen molar-refractivity contribution in [1.82, 2.24) is 0 Å². The van der Waals surface area contributed by atoms with Gasteiger partial charge in [-0.3, -0.25) is 0 Å². The van der Waals surface area contributed by atoms with Crippen LogP contribution in [0.3, 0.4) is 0 Å². The highest BCUT2D eigenvalue weighted by atomic mass is 79.9. The molecule has 0 N–H and O–H groups in total. The van der Waals surface area contributed by atoms with E-state index in [9.17, 15) is 13.2 Å². The fourth-order valence-corrected chi connectivity index (χ4v) is 1.99. The molecule has 1 aromatic carbocycles. The van der Waals surface area contributed by atoms with E-state index in [4.69, 9.17) is 5.26 Å². The zero-order valence-electron chi connectivity index (χ0n) is 9.76. The maximum atomic E-state index is 12.9. The predicted octanol–water partition coefficient (Wildman–Crippen LogP) is 4.21. The van der Waals surface area contributed by atoms with Crippen molar-refractivity contribution in [2.75, 3.05) is 18.0 Å². The monoisotopic (exact) mass is 320 g/mol. The first-order valence-electron chi connectivity index (χ1n) is 5.38. The summed E-state index contributed by atoms with van der Waals surface area (Å²) in [6.45, 7) is 2.46. The summed E-state index contributed by atoms with van der Waals surface area (Å²) in [7, 11) is 0. The Hall–Kier alpha value is -1.22. The molecule has 18 heavy (non-hydrogen) atoms. The first-order chi connectivity index (χ1) is 8.40. The molecule has 0 aliphatic carbocycles. The lowest BCUT2D eigenvalue weighted by molar-refractivity contribution is -0.137. The van der Waals surface area contributed by atoms with E-state index >= 15 is 0 Å². The summed E-state index contributed by atoms with van der Waals surface area (Å²) >= 11 is 3.17. The van der Waals surface area contributed by atoms with Crippen molar-refractivity contribution >= 4 is 21.6 Å². The lowest BCUT2D eigenvalue weighted by Crippen LogP contribution is -2.26. The molecule has 0 radical (unpaired) electrons. The zero-order valence-corrected chi connectivity index (χ0v) is 11.3. The lowest BCUT2D eigenvalue weighted by atomic mass is 10.1. The number of alkyl halides is 3. The molecule has 0 unspecified atom stereocenters. The average molecular weight is 321 g/mol. The molecule has 0 bridgehead atoms. The van der Waals surface area contributed by atoms with Crippen LogP contribution in [0.25, 0.3) is 0 Å². The number of hydrogen-bond donors (Lipinski definition) is 0. The van der Waals surface area contributed by atoms with Gasteiger partial charge in [0.15, 0.2) is 0 Å². The molecule has 0 aliphatic heterocycles. The highest BCUT2D eigenvalue weighted by Gasteiger charge is 2.34. The van der Waals surface area contributed by atoms with Crippen LogP contribution in [-0.2, 0) is 6.18 Å². The highest BCUT2D eigenvalue weighted by Crippen LogP contribution is 2.38. The van der Waals surface area contributed by atoms with Gasteiger partial charge in [0.1, 0.15) is 0 Å². The van der Waals surface area contributed by atoms with Crippen LogP contribution in [0.15, 0.2) is 22.7 Å². The Labute approximate surface area is 112 Å². The summed E-state index contributed by atoms with van der Waals surface area (Å²) in [5.41, 5.74) is -0.569. The van der Waals surface area contributed by atoms with Gasteiger partial charge in [-0.2, -0.15) is 18.4 Å². The van der Waals surface area contributed by atoms with Gasteiger partial charge >= 0.3 is 6.18 Å². The van der Waals surface area contributed by atoms with Gasteiger partial charge in [0, 0.05) is 17.6 Å². The van der Waals surface area contributed by atoms with Gasteiger partial charge in [-0.15, -0.1) is 0 Å². The quantitative estimate of drug-likeness (QED) is 0.831. The summed E-state index contributed by atoms with van der Waals surface area (Å²) in [5.74, 6) is 0. The third kappa shape index (κ3) is 3.64. The van der Waals surface area contributed by atoms with E-state index in [0.717, 1.165) is 6.07 Å². The van der Waals surface area contributed by atoms with Crippen LogP contribution in [0, 0.1) is 11.3 Å². The standard InChI is InChI=1S/C12H12BrF3N2/c1-2-18(7-3-6-17)11-8-9(13)4-5-10(11)12(14,15)16/h4-5,8H,2-3,7H2,1H3. The molecular weight excluding hydrogens is 309 g/mol. The van der Waals surface area contributed by atoms with E-state index in [1.807, 2.05) is 6.07 Å². The number of benzene rings is 1. The van der Waals surface area contributed by atoms with Gasteiger partial charge in [0.2, 0.25) is 0 Å². The van der Waals surface area contributed by atoms with Gasteiger partial charge in [-0.25, -0.2) is 0 Å². The molecule has 0 saturated heterocycles. The van der Waals surface area contributed by atoms with Crippen molar-refractivity contribution in [2.45, 2.75) is 19.5 Å². The zero-order chi connectivity index (χ0) is 13.8. The molecule has 0 atom stereocenters. The van der Waals surface area contributed by atoms with Gasteiger partial charge in [-0.05, 0) is 25.1 Å². The molecule has 6 heteroatoms. The Morgan fingerprint density at radius 3 is 2.56 bits per heavy atom. The molecule has 0 aromatic heterocycles. The van der Waals surface area contributed by atoms with Crippen LogP contribution in [0.2, 0.25) is 0 Å². The molecule has 0 spiro atoms. The Bertz CT molecular complexity index is 452. The first-order valence-corrected chi connectivity index (χ1v) is 6.18. The highest BCUT2D eigenvalue weighted by molar-refractivity contribution is 9.10. The largest absolute Gasteiger partial charge is 0.418 e. The van der Waals surface area contributed by atoms with Crippen LogP contribution in [0.4, 0.5) is 18.9 Å². The Morgan fingerprint density at radius 2 is 2.06 bits per heavy atom. The van der Waals surface area contributed by atoms with Gasteiger partial charge in [0.05, 0.1) is 23.7 Å². The summed E-state index contributed by atoms with van der Waals surface area (Å²) in [6, 6.07) is 5.79. The molecule has 1 rings (SSSR count). The molecule has 2 nitrogen and oxygen atoms in total. The van der Waals surface area contributed by atoms with E-state index in [0.29, 0.717) is 11.0 Å². The SMILES string of the molecule is CCN(CCC#N)c1cc(Br)ccc1C(F)(F)F. The second-order valence-electron chi connectivity index (χ2n) is 3.65. The van der Waals surface area contributed by atoms with Crippen LogP contribution >= 0.6 is 15.9 Å². The molecule has 0 aliphatic rings. The molecule has 0 saturated carbocycles. The summed E-state index contributed by atoms with van der Waals surface area (Å²) in [5, 5.41) is 8.53. The van der Waals surface area contributed by atoms with Crippen molar-refractivity contribution in [3.8, 4) is 6.07 Å². The van der Waals surface area contributed by atoms with Crippen molar-refractivity contribution in [3.63, 3.8) is 0 Å². The summed E-state index contributed by atoms with van der Waals surface area (Å²) in [6.07, 6.45) is -4.20. The number of halogens is 4. The molecule has 1 aromatic rings. The Kier molecular flexibility index (Phi) is 5.03. The first kappa shape index (κ1) is 14.8. The topological polar surface area (TPSA) is 27.0 Å². The van der Waals surface area contributed by atoms with Crippen molar-refractivity contribution in [1.29, 1.82) is 5.26 Å². The average Bonchev–Trinajstić information content (AvgIpc) is 2.28. The number of nitriles is 1. The predicted molar refractivity (Wildman–Crippen MR) is 67.3 cm³/mol. The van der Waals surface area contributed by atoms with Gasteiger partial charge < -0.3 is 4.90 Å². The van der Waals surface area contributed by atoms with E-state index < -0.39 is 11.7 Å². The maximum absolute atomic E-state index is 12.9. The molecule has 0 fully saturated rings. The number of rotatable bonds is 4. The summed E-state index contributed by atoms with van der Waals surface area (Å²) < 4.78 is 39.3. The fraction of sp³-hybridized carbons (Fsp3) is 0.417. The van der Waals surface area contributed by atoms with E-state index in [1.165, 1.54) is 12.1 Å². The van der Waals surface area contributed by atoms with E-state index in [1.54, 1.807) is 11.8 Å². The lowest BCUT2D eigenvalue weighted by Gasteiger charge is -2.25. The van der Waals surface area contributed by atoms with Crippen LogP contribution < -0.4 is 4.90 Å². The maximum Gasteiger partial charge on any atom is 0.418 e. The molecule has 0 heterocycles. The smallest absolute Gasteiger partial charge is 0.370 e. The van der Waals surface area contributed by atoms with Gasteiger partial charge in [0.25, 0.3) is 0 Å². The third-order valence-electron chi connectivity index (χ3n) is 2.48. The van der Waals surface area contributed by atoms with E-state index in [2.05, 4.69) is 15.9 Å². The Morgan fingerprint density at radius 1 is 1.39 bits per heavy atom. The number of hydrogen-bond acceptors (Lipinski definition) is 2. The number of nitrogens with zero attached hydrogens (tertiary/aromatic N) is 2. The second-order valence-corrected chi connectivity index (χ2v) is 4.56. The van der Waals surface area contributed by atoms with Crippen LogP contribution in [0.1, 0.15) is 18.9 Å². The normalized spacial score (nSPS) is 11.1. The molecular formula is C12H12BrF3N2. The third-order valence-corrected chi connectivity index (χ3v) is 2.97. The van der Waals surface area contributed by atoms with Crippen molar-refractivity contribution in [2.24, 2.45) is 0 Å². The fourth-order valence-electron chi connectivity index (χ4n) is 1.64. The molecule has 0 amide bonds. The van der Waals surface area contributed by atoms with Crippen LogP contribution in [0.5, 0.6) is 0 Å². The minimum Gasteiger partial charge on any atom is -0.370 e. The minimum atomic E-state index is -4.39. The second kappa shape index (κ2) is 6.10. The number of anilines is 1. The molecule has 98 valence electrons. The van der Waals surface area contributed by atoms with E-state index in [-0.39, 0.29) is 18.7 Å². The van der Waals surface area contributed by atoms with Crippen molar-refractivity contribution in [3.05, 3.63) is 28.2 Å². The Balaban J connectivity index is 3.19. The van der Waals surface area contributed by atoms with Gasteiger partial charge in [-0.1, -0.05) is 15.9 Å². The summed E-state index contributed by atoms with van der Waals surface area (Å²) in [4.78, 5) is 1.55.